The Morgan fingerprint density at radius 1 is 1.23 bits per heavy atom. The van der Waals surface area contributed by atoms with Crippen LogP contribution in [0.3, 0.4) is 0 Å². The normalized spacial score (nSPS) is 11.8. The third-order valence-corrected chi connectivity index (χ3v) is 4.62. The van der Waals surface area contributed by atoms with Crippen LogP contribution in [0.2, 0.25) is 0 Å². The summed E-state index contributed by atoms with van der Waals surface area (Å²) in [6.45, 7) is 5.78. The van der Waals surface area contributed by atoms with Crippen LogP contribution in [0.15, 0.2) is 41.5 Å². The number of hydrogen-bond acceptors (Lipinski definition) is 3. The smallest absolute Gasteiger partial charge is 0.292 e. The minimum absolute atomic E-state index is 0.231. The van der Waals surface area contributed by atoms with Gasteiger partial charge in [0.25, 0.3) is 5.56 Å². The van der Waals surface area contributed by atoms with Crippen molar-refractivity contribution in [2.45, 2.75) is 20.8 Å². The van der Waals surface area contributed by atoms with Crippen molar-refractivity contribution in [3.8, 4) is 5.69 Å². The zero-order valence-corrected chi connectivity index (χ0v) is 14.8. The molecule has 0 saturated heterocycles. The van der Waals surface area contributed by atoms with Gasteiger partial charge in [0.15, 0.2) is 6.29 Å². The maximum Gasteiger partial charge on any atom is 0.292 e. The summed E-state index contributed by atoms with van der Waals surface area (Å²) in [5.74, 6) is 0. The fourth-order valence-corrected chi connectivity index (χ4v) is 3.36. The first-order valence-electron chi connectivity index (χ1n) is 8.35. The van der Waals surface area contributed by atoms with E-state index < -0.39 is 0 Å². The van der Waals surface area contributed by atoms with Crippen LogP contribution >= 0.6 is 0 Å². The lowest BCUT2D eigenvalue weighted by Crippen LogP contribution is -2.12. The highest BCUT2D eigenvalue weighted by atomic mass is 16.1. The largest absolute Gasteiger partial charge is 0.323 e. The van der Waals surface area contributed by atoms with Crippen molar-refractivity contribution in [2.24, 2.45) is 0 Å². The molecule has 0 radical (unpaired) electrons. The highest BCUT2D eigenvalue weighted by Crippen LogP contribution is 2.24. The van der Waals surface area contributed by atoms with E-state index in [-0.39, 0.29) is 16.9 Å². The average Bonchev–Trinajstić information content (AvgIpc) is 3.20. The number of imidazole rings is 1. The molecule has 6 heteroatoms. The molecule has 0 bridgehead atoms. The maximum atomic E-state index is 12.3. The molecule has 0 aliphatic rings. The van der Waals surface area contributed by atoms with Gasteiger partial charge in [-0.25, -0.2) is 4.98 Å². The standard InChI is InChI=1S/C20H18N4O2/c1-4-5-14-6-7-23(10-14)17-9-18-15(8-12(17)2)22-20(26)19-21-16(11-25)13(3)24(18)19/h4-11H,1-3H3,(H,22,26)/b5-4+. The predicted octanol–water partition coefficient (Wildman–Crippen LogP) is 3.43. The summed E-state index contributed by atoms with van der Waals surface area (Å²) in [7, 11) is 0. The molecule has 0 spiro atoms. The van der Waals surface area contributed by atoms with Crippen LogP contribution in [0.1, 0.15) is 34.2 Å². The molecule has 130 valence electrons. The molecule has 0 amide bonds. The van der Waals surface area contributed by atoms with Crippen molar-refractivity contribution < 1.29 is 4.79 Å². The van der Waals surface area contributed by atoms with E-state index in [4.69, 9.17) is 0 Å². The monoisotopic (exact) mass is 346 g/mol. The van der Waals surface area contributed by atoms with E-state index in [9.17, 15) is 9.59 Å². The van der Waals surface area contributed by atoms with Crippen LogP contribution in [0.4, 0.5) is 0 Å². The summed E-state index contributed by atoms with van der Waals surface area (Å²) in [6, 6.07) is 6.00. The summed E-state index contributed by atoms with van der Waals surface area (Å²) in [4.78, 5) is 30.6. The van der Waals surface area contributed by atoms with Crippen LogP contribution in [-0.2, 0) is 0 Å². The number of carbonyl (C=O) groups excluding carboxylic acids is 1. The lowest BCUT2D eigenvalue weighted by molar-refractivity contribution is 0.111. The summed E-state index contributed by atoms with van der Waals surface area (Å²) >= 11 is 0. The highest BCUT2D eigenvalue weighted by Gasteiger charge is 2.15. The van der Waals surface area contributed by atoms with E-state index >= 15 is 0 Å². The van der Waals surface area contributed by atoms with Crippen molar-refractivity contribution in [1.29, 1.82) is 0 Å². The Morgan fingerprint density at radius 3 is 2.77 bits per heavy atom. The number of carbonyl (C=O) groups is 1. The third-order valence-electron chi connectivity index (χ3n) is 4.62. The summed E-state index contributed by atoms with van der Waals surface area (Å²) in [5, 5.41) is 0. The number of nitrogens with zero attached hydrogens (tertiary/aromatic N) is 3. The van der Waals surface area contributed by atoms with E-state index in [1.807, 2.05) is 55.0 Å². The Morgan fingerprint density at radius 2 is 2.04 bits per heavy atom. The first-order chi connectivity index (χ1) is 12.5. The molecule has 6 nitrogen and oxygen atoms in total. The molecule has 0 unspecified atom stereocenters. The Balaban J connectivity index is 2.07. The molecule has 26 heavy (non-hydrogen) atoms. The average molecular weight is 346 g/mol. The van der Waals surface area contributed by atoms with Crippen LogP contribution in [0.25, 0.3) is 28.4 Å². The minimum atomic E-state index is -0.308. The molecular weight excluding hydrogens is 328 g/mol. The molecular formula is C20H18N4O2. The molecule has 0 aliphatic carbocycles. The van der Waals surface area contributed by atoms with Gasteiger partial charge in [0.05, 0.1) is 22.4 Å². The van der Waals surface area contributed by atoms with Crippen LogP contribution in [0, 0.1) is 13.8 Å². The number of nitrogens with one attached hydrogen (secondary N) is 1. The number of aromatic amines is 1. The van der Waals surface area contributed by atoms with E-state index in [2.05, 4.69) is 16.2 Å². The molecule has 4 rings (SSSR count). The molecule has 0 aliphatic heterocycles. The third kappa shape index (κ3) is 2.30. The van der Waals surface area contributed by atoms with Gasteiger partial charge in [-0.3, -0.25) is 14.0 Å². The lowest BCUT2D eigenvalue weighted by atomic mass is 10.1. The SMILES string of the molecule is C/C=C/c1ccn(-c2cc3c(cc2C)[nH]c(=O)c2nc(C=O)c(C)n23)c1. The molecule has 0 saturated carbocycles. The molecule has 0 atom stereocenters. The second-order valence-corrected chi connectivity index (χ2v) is 6.32. The molecule has 3 heterocycles. The fraction of sp³-hybridized carbons (Fsp3) is 0.150. The van der Waals surface area contributed by atoms with Crippen molar-refractivity contribution in [2.75, 3.05) is 0 Å². The van der Waals surface area contributed by atoms with Gasteiger partial charge in [0, 0.05) is 12.4 Å². The lowest BCUT2D eigenvalue weighted by Gasteiger charge is -2.11. The topological polar surface area (TPSA) is 72.2 Å². The van der Waals surface area contributed by atoms with Gasteiger partial charge in [-0.15, -0.1) is 0 Å². The summed E-state index contributed by atoms with van der Waals surface area (Å²) in [5.41, 5.74) is 5.52. The molecule has 1 N–H and O–H groups in total. The second-order valence-electron chi connectivity index (χ2n) is 6.32. The van der Waals surface area contributed by atoms with Gasteiger partial charge >= 0.3 is 0 Å². The van der Waals surface area contributed by atoms with Crippen LogP contribution < -0.4 is 5.56 Å². The number of benzene rings is 1. The number of hydrogen-bond donors (Lipinski definition) is 1. The first-order valence-corrected chi connectivity index (χ1v) is 8.35. The summed E-state index contributed by atoms with van der Waals surface area (Å²) < 4.78 is 3.80. The minimum Gasteiger partial charge on any atom is -0.323 e. The number of H-pyrrole nitrogens is 1. The van der Waals surface area contributed by atoms with Gasteiger partial charge in [-0.05, 0) is 50.1 Å². The van der Waals surface area contributed by atoms with Crippen molar-refractivity contribution in [3.05, 3.63) is 69.5 Å². The van der Waals surface area contributed by atoms with Gasteiger partial charge in [-0.1, -0.05) is 12.2 Å². The van der Waals surface area contributed by atoms with E-state index in [1.165, 1.54) is 0 Å². The number of fused-ring (bicyclic) bond motifs is 3. The van der Waals surface area contributed by atoms with Crippen molar-refractivity contribution in [1.82, 2.24) is 18.9 Å². The Labute approximate surface area is 149 Å². The van der Waals surface area contributed by atoms with Gasteiger partial charge in [-0.2, -0.15) is 0 Å². The number of aryl methyl sites for hydroxylation is 2. The Hall–Kier alpha value is -3.41. The predicted molar refractivity (Wildman–Crippen MR) is 102 cm³/mol. The quantitative estimate of drug-likeness (QED) is 0.578. The zero-order chi connectivity index (χ0) is 18.4. The molecule has 0 fully saturated rings. The van der Waals surface area contributed by atoms with Crippen molar-refractivity contribution >= 4 is 29.0 Å². The van der Waals surface area contributed by atoms with E-state index in [0.717, 1.165) is 22.3 Å². The number of aromatic nitrogens is 4. The number of aldehydes is 1. The maximum absolute atomic E-state index is 12.3. The summed E-state index contributed by atoms with van der Waals surface area (Å²) in [6.07, 6.45) is 8.77. The highest BCUT2D eigenvalue weighted by molar-refractivity contribution is 5.84. The molecule has 3 aromatic heterocycles. The number of rotatable bonds is 3. The van der Waals surface area contributed by atoms with Crippen LogP contribution in [0.5, 0.6) is 0 Å². The van der Waals surface area contributed by atoms with Gasteiger partial charge in [0.2, 0.25) is 5.65 Å². The van der Waals surface area contributed by atoms with Gasteiger partial charge < -0.3 is 9.55 Å². The Kier molecular flexibility index (Phi) is 3.61. The fourth-order valence-electron chi connectivity index (χ4n) is 3.36. The second kappa shape index (κ2) is 5.84. The molecule has 4 aromatic rings. The zero-order valence-electron chi connectivity index (χ0n) is 14.8. The van der Waals surface area contributed by atoms with Crippen LogP contribution in [-0.4, -0.2) is 25.2 Å². The molecule has 1 aromatic carbocycles. The number of allylic oxidation sites excluding steroid dienone is 1. The van der Waals surface area contributed by atoms with Crippen molar-refractivity contribution in [3.63, 3.8) is 0 Å². The first kappa shape index (κ1) is 16.1. The van der Waals surface area contributed by atoms with Gasteiger partial charge in [0.1, 0.15) is 5.69 Å². The van der Waals surface area contributed by atoms with E-state index in [1.54, 1.807) is 11.3 Å². The Bertz CT molecular complexity index is 1250. The van der Waals surface area contributed by atoms with E-state index in [0.29, 0.717) is 17.5 Å².